The molecule has 3 N–H and O–H groups in total. The van der Waals surface area contributed by atoms with Crippen LogP contribution < -0.4 is 5.73 Å². The van der Waals surface area contributed by atoms with Crippen LogP contribution >= 0.6 is 0 Å². The first-order valence-electron chi connectivity index (χ1n) is 7.56. The SMILES string of the molecule is CCCCN1C(=O)N=C(N)C(=NC(=O)c2ccc(S(=O)(=O)O)cc2)C1=O. The minimum atomic E-state index is -4.40. The maximum absolute atomic E-state index is 12.4. The van der Waals surface area contributed by atoms with E-state index in [2.05, 4.69) is 9.98 Å². The van der Waals surface area contributed by atoms with Gasteiger partial charge in [-0.1, -0.05) is 13.3 Å². The van der Waals surface area contributed by atoms with Crippen LogP contribution in [-0.2, 0) is 14.9 Å². The molecule has 0 saturated heterocycles. The zero-order valence-electron chi connectivity index (χ0n) is 13.7. The van der Waals surface area contributed by atoms with Crippen molar-refractivity contribution in [3.8, 4) is 0 Å². The quantitative estimate of drug-likeness (QED) is 0.708. The number of urea groups is 1. The average molecular weight is 380 g/mol. The minimum absolute atomic E-state index is 0.0393. The predicted octanol–water partition coefficient (Wildman–Crippen LogP) is 0.634. The summed E-state index contributed by atoms with van der Waals surface area (Å²) in [6.07, 6.45) is 1.30. The average Bonchev–Trinajstić information content (AvgIpc) is 2.57. The van der Waals surface area contributed by atoms with Crippen LogP contribution in [0.2, 0.25) is 0 Å². The summed E-state index contributed by atoms with van der Waals surface area (Å²) >= 11 is 0. The van der Waals surface area contributed by atoms with Gasteiger partial charge in [0.2, 0.25) is 0 Å². The van der Waals surface area contributed by atoms with Gasteiger partial charge in [-0.3, -0.25) is 19.0 Å². The molecule has 1 aliphatic rings. The van der Waals surface area contributed by atoms with E-state index in [1.54, 1.807) is 0 Å². The molecule has 26 heavy (non-hydrogen) atoms. The van der Waals surface area contributed by atoms with E-state index in [1.165, 1.54) is 0 Å². The van der Waals surface area contributed by atoms with E-state index in [1.807, 2.05) is 6.92 Å². The van der Waals surface area contributed by atoms with Crippen molar-refractivity contribution in [1.29, 1.82) is 0 Å². The van der Waals surface area contributed by atoms with Gasteiger partial charge in [-0.05, 0) is 30.7 Å². The number of carbonyl (C=O) groups is 3. The zero-order valence-corrected chi connectivity index (χ0v) is 14.6. The Bertz CT molecular complexity index is 918. The van der Waals surface area contributed by atoms with Gasteiger partial charge in [-0.25, -0.2) is 4.79 Å². The first kappa shape index (κ1) is 19.4. The van der Waals surface area contributed by atoms with Crippen molar-refractivity contribution in [1.82, 2.24) is 4.90 Å². The summed E-state index contributed by atoms with van der Waals surface area (Å²) < 4.78 is 30.9. The van der Waals surface area contributed by atoms with E-state index in [4.69, 9.17) is 10.3 Å². The second-order valence-corrected chi connectivity index (χ2v) is 6.78. The van der Waals surface area contributed by atoms with Crippen LogP contribution in [0.15, 0.2) is 39.1 Å². The third kappa shape index (κ3) is 4.18. The first-order valence-corrected chi connectivity index (χ1v) is 9.00. The van der Waals surface area contributed by atoms with Crippen molar-refractivity contribution in [2.75, 3.05) is 6.54 Å². The largest absolute Gasteiger partial charge is 0.382 e. The second-order valence-electron chi connectivity index (χ2n) is 5.35. The molecule has 0 atom stereocenters. The fraction of sp³-hybridized carbons (Fsp3) is 0.267. The molecular weight excluding hydrogens is 364 g/mol. The third-order valence-corrected chi connectivity index (χ3v) is 4.35. The number of rotatable bonds is 5. The number of amidine groups is 1. The fourth-order valence-corrected chi connectivity index (χ4v) is 2.57. The first-order chi connectivity index (χ1) is 12.1. The number of hydrogen-bond acceptors (Lipinski definition) is 6. The molecule has 0 aliphatic carbocycles. The Balaban J connectivity index is 2.32. The maximum atomic E-state index is 12.4. The summed E-state index contributed by atoms with van der Waals surface area (Å²) in [6.45, 7) is 2.01. The normalized spacial score (nSPS) is 16.8. The lowest BCUT2D eigenvalue weighted by atomic mass is 10.2. The molecule has 0 radical (unpaired) electrons. The number of hydrogen-bond donors (Lipinski definition) is 2. The fourth-order valence-electron chi connectivity index (χ4n) is 2.09. The van der Waals surface area contributed by atoms with Crippen LogP contribution in [0.25, 0.3) is 0 Å². The maximum Gasteiger partial charge on any atom is 0.352 e. The Morgan fingerprint density at radius 3 is 2.42 bits per heavy atom. The highest BCUT2D eigenvalue weighted by Gasteiger charge is 2.33. The monoisotopic (exact) mass is 380 g/mol. The third-order valence-electron chi connectivity index (χ3n) is 3.49. The highest BCUT2D eigenvalue weighted by Crippen LogP contribution is 2.12. The van der Waals surface area contributed by atoms with E-state index in [0.717, 1.165) is 35.6 Å². The number of aliphatic imine (C=N–C) groups is 2. The van der Waals surface area contributed by atoms with Crippen LogP contribution in [0.1, 0.15) is 30.1 Å². The van der Waals surface area contributed by atoms with Crippen LogP contribution in [0.3, 0.4) is 0 Å². The Hall–Kier alpha value is -2.92. The van der Waals surface area contributed by atoms with E-state index in [9.17, 15) is 22.8 Å². The molecule has 0 unspecified atom stereocenters. The molecule has 4 amide bonds. The number of amides is 4. The molecular formula is C15H16N4O6S. The smallest absolute Gasteiger partial charge is 0.352 e. The van der Waals surface area contributed by atoms with Gasteiger partial charge in [0.05, 0.1) is 4.90 Å². The van der Waals surface area contributed by atoms with Gasteiger partial charge >= 0.3 is 6.03 Å². The molecule has 1 heterocycles. The summed E-state index contributed by atoms with van der Waals surface area (Å²) in [5.41, 5.74) is 5.05. The highest BCUT2D eigenvalue weighted by atomic mass is 32.2. The molecule has 10 nitrogen and oxygen atoms in total. The van der Waals surface area contributed by atoms with Gasteiger partial charge < -0.3 is 5.73 Å². The lowest BCUT2D eigenvalue weighted by molar-refractivity contribution is -0.121. The van der Waals surface area contributed by atoms with Gasteiger partial charge in [0, 0.05) is 12.1 Å². The Labute approximate surface area is 149 Å². The van der Waals surface area contributed by atoms with Crippen molar-refractivity contribution in [2.45, 2.75) is 24.7 Å². The van der Waals surface area contributed by atoms with Crippen molar-refractivity contribution in [3.63, 3.8) is 0 Å². The topological polar surface area (TPSA) is 160 Å². The minimum Gasteiger partial charge on any atom is -0.382 e. The second kappa shape index (κ2) is 7.54. The summed E-state index contributed by atoms with van der Waals surface area (Å²) in [7, 11) is -4.40. The Morgan fingerprint density at radius 1 is 1.27 bits per heavy atom. The predicted molar refractivity (Wildman–Crippen MR) is 91.7 cm³/mol. The van der Waals surface area contributed by atoms with Crippen LogP contribution in [0.5, 0.6) is 0 Å². The van der Waals surface area contributed by atoms with E-state index in [0.29, 0.717) is 6.42 Å². The van der Waals surface area contributed by atoms with E-state index in [-0.39, 0.29) is 12.1 Å². The summed E-state index contributed by atoms with van der Waals surface area (Å²) in [6, 6.07) is 3.46. The molecule has 1 aromatic rings. The molecule has 0 fully saturated rings. The molecule has 138 valence electrons. The van der Waals surface area contributed by atoms with Crippen molar-refractivity contribution in [2.24, 2.45) is 15.7 Å². The summed E-state index contributed by atoms with van der Waals surface area (Å²) in [5, 5.41) is 0. The lowest BCUT2D eigenvalue weighted by Gasteiger charge is -2.22. The van der Waals surface area contributed by atoms with Gasteiger partial charge in [-0.2, -0.15) is 18.4 Å². The van der Waals surface area contributed by atoms with Gasteiger partial charge in [0.15, 0.2) is 11.5 Å². The summed E-state index contributed by atoms with van der Waals surface area (Å²) in [5.74, 6) is -2.16. The van der Waals surface area contributed by atoms with Crippen molar-refractivity contribution in [3.05, 3.63) is 29.8 Å². The van der Waals surface area contributed by atoms with Crippen molar-refractivity contribution < 1.29 is 27.4 Å². The molecule has 1 aliphatic heterocycles. The van der Waals surface area contributed by atoms with Gasteiger partial charge in [0.1, 0.15) is 0 Å². The molecule has 0 saturated carbocycles. The highest BCUT2D eigenvalue weighted by molar-refractivity contribution is 7.85. The van der Waals surface area contributed by atoms with Gasteiger partial charge in [0.25, 0.3) is 21.9 Å². The number of nitrogens with zero attached hydrogens (tertiary/aromatic N) is 3. The molecule has 0 aromatic heterocycles. The number of imide groups is 1. The van der Waals surface area contributed by atoms with E-state index < -0.39 is 44.4 Å². The van der Waals surface area contributed by atoms with Crippen molar-refractivity contribution >= 4 is 39.5 Å². The van der Waals surface area contributed by atoms with Gasteiger partial charge in [-0.15, -0.1) is 0 Å². The number of benzene rings is 1. The summed E-state index contributed by atoms with van der Waals surface area (Å²) in [4.78, 5) is 43.9. The number of nitrogens with two attached hydrogens (primary N) is 1. The Kier molecular flexibility index (Phi) is 5.63. The molecule has 11 heteroatoms. The molecule has 0 spiro atoms. The lowest BCUT2D eigenvalue weighted by Crippen LogP contribution is -2.50. The molecule has 2 rings (SSSR count). The van der Waals surface area contributed by atoms with Crippen LogP contribution in [-0.4, -0.2) is 53.8 Å². The molecule has 1 aromatic carbocycles. The van der Waals surface area contributed by atoms with E-state index >= 15 is 0 Å². The number of unbranched alkanes of at least 4 members (excludes halogenated alkanes) is 1. The Morgan fingerprint density at radius 2 is 1.88 bits per heavy atom. The zero-order chi connectivity index (χ0) is 19.5. The molecule has 0 bridgehead atoms. The van der Waals surface area contributed by atoms with Crippen LogP contribution in [0, 0.1) is 0 Å². The number of carbonyl (C=O) groups excluding carboxylic acids is 3. The van der Waals surface area contributed by atoms with Crippen LogP contribution in [0.4, 0.5) is 4.79 Å². The standard InChI is InChI=1S/C15H16N4O6S/c1-2-3-8-19-14(21)11(12(16)18-15(19)22)17-13(20)9-4-6-10(7-5-9)26(23,24)25/h4-7H,2-3,8H2,1H3,(H2,16,18,22)(H,23,24,25).